The molecule has 1 aromatic carbocycles. The van der Waals surface area contributed by atoms with Gasteiger partial charge >= 0.3 is 6.03 Å². The minimum absolute atomic E-state index is 0.0654. The predicted molar refractivity (Wildman–Crippen MR) is 116 cm³/mol. The summed E-state index contributed by atoms with van der Waals surface area (Å²) >= 11 is 0. The average molecular weight is 422 g/mol. The summed E-state index contributed by atoms with van der Waals surface area (Å²) in [6, 6.07) is 13.3. The molecule has 8 nitrogen and oxygen atoms in total. The third kappa shape index (κ3) is 5.33. The largest absolute Gasteiger partial charge is 0.490 e. The number of likely N-dealkylation sites (tertiary alicyclic amines) is 1. The normalized spacial score (nSPS) is 14.3. The van der Waals surface area contributed by atoms with E-state index in [1.807, 2.05) is 60.5 Å². The number of hydrogen-bond donors (Lipinski definition) is 1. The highest BCUT2D eigenvalue weighted by atomic mass is 16.5. The van der Waals surface area contributed by atoms with Crippen molar-refractivity contribution in [3.05, 3.63) is 66.6 Å². The number of para-hydroxylation sites is 2. The molecule has 4 rings (SSSR count). The quantitative estimate of drug-likeness (QED) is 0.632. The number of nitrogens with zero attached hydrogens (tertiary/aromatic N) is 4. The lowest BCUT2D eigenvalue weighted by Gasteiger charge is -2.32. The molecule has 0 spiro atoms. The topological polar surface area (TPSA) is 81.5 Å². The smallest absolute Gasteiger partial charge is 0.317 e. The van der Waals surface area contributed by atoms with Crippen molar-refractivity contribution in [1.82, 2.24) is 25.0 Å². The number of hydrogen-bond acceptors (Lipinski definition) is 5. The van der Waals surface area contributed by atoms with Gasteiger partial charge in [-0.3, -0.25) is 0 Å². The van der Waals surface area contributed by atoms with E-state index >= 15 is 0 Å². The van der Waals surface area contributed by atoms with Gasteiger partial charge in [-0.1, -0.05) is 18.2 Å². The maximum atomic E-state index is 12.5. The van der Waals surface area contributed by atoms with Gasteiger partial charge in [0.1, 0.15) is 6.10 Å². The van der Waals surface area contributed by atoms with Gasteiger partial charge < -0.3 is 19.7 Å². The molecule has 0 radical (unpaired) electrons. The van der Waals surface area contributed by atoms with Crippen LogP contribution in [-0.2, 0) is 6.54 Å². The van der Waals surface area contributed by atoms with Gasteiger partial charge in [0, 0.05) is 51.1 Å². The molecular formula is C23H27N5O3. The zero-order valence-electron chi connectivity index (χ0n) is 17.6. The van der Waals surface area contributed by atoms with E-state index in [2.05, 4.69) is 15.4 Å². The van der Waals surface area contributed by atoms with Crippen LogP contribution < -0.4 is 14.8 Å². The molecule has 162 valence electrons. The van der Waals surface area contributed by atoms with Crippen LogP contribution in [0, 0.1) is 0 Å². The number of carbonyl (C=O) groups excluding carboxylic acids is 1. The maximum Gasteiger partial charge on any atom is 0.317 e. The van der Waals surface area contributed by atoms with E-state index in [4.69, 9.17) is 9.47 Å². The van der Waals surface area contributed by atoms with E-state index < -0.39 is 0 Å². The molecule has 8 heteroatoms. The van der Waals surface area contributed by atoms with Crippen molar-refractivity contribution in [2.75, 3.05) is 19.7 Å². The van der Waals surface area contributed by atoms with Crippen molar-refractivity contribution in [3.8, 4) is 17.3 Å². The van der Waals surface area contributed by atoms with Crippen LogP contribution >= 0.6 is 0 Å². The first kappa shape index (κ1) is 20.7. The van der Waals surface area contributed by atoms with Gasteiger partial charge in [-0.2, -0.15) is 5.10 Å². The van der Waals surface area contributed by atoms with Crippen LogP contribution in [0.5, 0.6) is 11.5 Å². The van der Waals surface area contributed by atoms with Gasteiger partial charge in [0.2, 0.25) is 0 Å². The molecule has 0 atom stereocenters. The van der Waals surface area contributed by atoms with Crippen LogP contribution in [0.1, 0.15) is 25.3 Å². The summed E-state index contributed by atoms with van der Waals surface area (Å²) in [7, 11) is 0. The Balaban J connectivity index is 1.23. The van der Waals surface area contributed by atoms with Crippen molar-refractivity contribution in [2.45, 2.75) is 32.4 Å². The monoisotopic (exact) mass is 421 g/mol. The number of pyridine rings is 1. The maximum absolute atomic E-state index is 12.5. The van der Waals surface area contributed by atoms with Crippen molar-refractivity contribution >= 4 is 6.03 Å². The third-order valence-electron chi connectivity index (χ3n) is 5.16. The Hall–Kier alpha value is -3.55. The van der Waals surface area contributed by atoms with Crippen molar-refractivity contribution in [3.63, 3.8) is 0 Å². The van der Waals surface area contributed by atoms with E-state index in [-0.39, 0.29) is 12.1 Å². The van der Waals surface area contributed by atoms with E-state index in [0.717, 1.165) is 35.7 Å². The number of nitrogens with one attached hydrogen (secondary N) is 1. The van der Waals surface area contributed by atoms with Gasteiger partial charge in [-0.25, -0.2) is 14.5 Å². The average Bonchev–Trinajstić information content (AvgIpc) is 3.35. The minimum atomic E-state index is -0.0654. The van der Waals surface area contributed by atoms with Gasteiger partial charge in [0.25, 0.3) is 0 Å². The molecule has 31 heavy (non-hydrogen) atoms. The molecule has 1 N–H and O–H groups in total. The summed E-state index contributed by atoms with van der Waals surface area (Å²) < 4.78 is 13.5. The van der Waals surface area contributed by atoms with Crippen molar-refractivity contribution in [2.24, 2.45) is 0 Å². The lowest BCUT2D eigenvalue weighted by molar-refractivity contribution is 0.107. The zero-order valence-corrected chi connectivity index (χ0v) is 17.6. The highest BCUT2D eigenvalue weighted by molar-refractivity contribution is 5.74. The highest BCUT2D eigenvalue weighted by Gasteiger charge is 2.24. The lowest BCUT2D eigenvalue weighted by atomic mass is 10.1. The van der Waals surface area contributed by atoms with Gasteiger partial charge in [0.05, 0.1) is 6.61 Å². The molecule has 1 aliphatic rings. The molecule has 0 bridgehead atoms. The van der Waals surface area contributed by atoms with E-state index in [1.54, 1.807) is 17.1 Å². The van der Waals surface area contributed by atoms with Crippen molar-refractivity contribution in [1.29, 1.82) is 0 Å². The fourth-order valence-electron chi connectivity index (χ4n) is 3.53. The molecule has 0 aliphatic carbocycles. The van der Waals surface area contributed by atoms with Crippen LogP contribution in [0.15, 0.2) is 61.1 Å². The number of rotatable bonds is 7. The molecule has 1 saturated heterocycles. The second kappa shape index (κ2) is 9.97. The Bertz CT molecular complexity index is 967. The third-order valence-corrected chi connectivity index (χ3v) is 5.16. The number of aromatic nitrogens is 3. The van der Waals surface area contributed by atoms with Crippen molar-refractivity contribution < 1.29 is 14.3 Å². The molecule has 1 fully saturated rings. The number of benzene rings is 1. The van der Waals surface area contributed by atoms with E-state index in [9.17, 15) is 4.79 Å². The number of ether oxygens (including phenoxy) is 2. The van der Waals surface area contributed by atoms with Crippen LogP contribution in [0.2, 0.25) is 0 Å². The Morgan fingerprint density at radius 1 is 1.13 bits per heavy atom. The Morgan fingerprint density at radius 3 is 2.61 bits per heavy atom. The van der Waals surface area contributed by atoms with Crippen LogP contribution in [0.3, 0.4) is 0 Å². The Morgan fingerprint density at radius 2 is 1.94 bits per heavy atom. The lowest BCUT2D eigenvalue weighted by Crippen LogP contribution is -2.46. The summed E-state index contributed by atoms with van der Waals surface area (Å²) in [4.78, 5) is 18.8. The fraction of sp³-hybridized carbons (Fsp3) is 0.348. The summed E-state index contributed by atoms with van der Waals surface area (Å²) in [6.45, 7) is 4.30. The van der Waals surface area contributed by atoms with Gasteiger partial charge in [-0.15, -0.1) is 0 Å². The Labute approximate surface area is 181 Å². The zero-order chi connectivity index (χ0) is 21.5. The molecule has 3 aromatic rings. The first-order chi connectivity index (χ1) is 15.2. The van der Waals surface area contributed by atoms with Crippen LogP contribution in [-0.4, -0.2) is 51.5 Å². The molecule has 1 aliphatic heterocycles. The fourth-order valence-corrected chi connectivity index (χ4v) is 3.53. The number of carbonyl (C=O) groups is 1. The molecular weight excluding hydrogens is 394 g/mol. The minimum Gasteiger partial charge on any atom is -0.490 e. The van der Waals surface area contributed by atoms with Gasteiger partial charge in [0.15, 0.2) is 17.3 Å². The predicted octanol–water partition coefficient (Wildman–Crippen LogP) is 3.42. The molecule has 0 unspecified atom stereocenters. The molecule has 3 heterocycles. The highest BCUT2D eigenvalue weighted by Crippen LogP contribution is 2.29. The second-order valence-electron chi connectivity index (χ2n) is 7.32. The number of amides is 2. The van der Waals surface area contributed by atoms with Gasteiger partial charge in [-0.05, 0) is 36.8 Å². The first-order valence-electron chi connectivity index (χ1n) is 10.6. The van der Waals surface area contributed by atoms with Crippen LogP contribution in [0.25, 0.3) is 5.82 Å². The number of piperidine rings is 1. The van der Waals surface area contributed by atoms with E-state index in [1.165, 1.54) is 0 Å². The standard InChI is InChI=1S/C23H27N5O3/c1-2-30-20-6-3-4-7-21(20)31-19-10-14-27(15-11-19)23(29)25-17-18-8-9-22(24-16-18)28-13-5-12-26-28/h3-9,12-13,16,19H,2,10-11,14-15,17H2,1H3,(H,25,29). The summed E-state index contributed by atoms with van der Waals surface area (Å²) in [5, 5.41) is 7.14. The molecule has 2 aromatic heterocycles. The summed E-state index contributed by atoms with van der Waals surface area (Å²) in [5.41, 5.74) is 0.940. The second-order valence-corrected chi connectivity index (χ2v) is 7.32. The first-order valence-corrected chi connectivity index (χ1v) is 10.6. The summed E-state index contributed by atoms with van der Waals surface area (Å²) in [6.07, 6.45) is 6.95. The Kier molecular flexibility index (Phi) is 6.66. The number of urea groups is 1. The SMILES string of the molecule is CCOc1ccccc1OC1CCN(C(=O)NCc2ccc(-n3cccn3)nc2)CC1. The molecule has 0 saturated carbocycles. The molecule has 2 amide bonds. The van der Waals surface area contributed by atoms with E-state index in [0.29, 0.717) is 26.2 Å². The summed E-state index contributed by atoms with van der Waals surface area (Å²) in [5.74, 6) is 2.27. The van der Waals surface area contributed by atoms with Crippen LogP contribution in [0.4, 0.5) is 4.79 Å².